The van der Waals surface area contributed by atoms with E-state index in [0.29, 0.717) is 29.7 Å². The molecule has 0 radical (unpaired) electrons. The molecule has 0 aliphatic heterocycles. The largest absolute Gasteiger partial charge is 0.463 e. The van der Waals surface area contributed by atoms with Gasteiger partial charge in [-0.15, -0.1) is 0 Å². The maximum atomic E-state index is 16.7. The average molecular weight is 553 g/mol. The van der Waals surface area contributed by atoms with E-state index in [-0.39, 0.29) is 34.9 Å². The fraction of sp³-hybridized carbons (Fsp3) is 0.586. The van der Waals surface area contributed by atoms with Gasteiger partial charge in [0.05, 0.1) is 5.69 Å². The van der Waals surface area contributed by atoms with E-state index in [4.69, 9.17) is 15.8 Å². The van der Waals surface area contributed by atoms with Gasteiger partial charge < -0.3 is 20.7 Å². The van der Waals surface area contributed by atoms with Crippen molar-refractivity contribution in [2.75, 3.05) is 5.32 Å². The van der Waals surface area contributed by atoms with Crippen molar-refractivity contribution < 1.29 is 14.3 Å². The fourth-order valence-electron chi connectivity index (χ4n) is 5.60. The van der Waals surface area contributed by atoms with Gasteiger partial charge in [0.1, 0.15) is 5.52 Å². The fourth-order valence-corrected chi connectivity index (χ4v) is 5.60. The van der Waals surface area contributed by atoms with Crippen LogP contribution in [-0.4, -0.2) is 47.6 Å². The highest BCUT2D eigenvalue weighted by atomic mass is 19.1. The van der Waals surface area contributed by atoms with Gasteiger partial charge in [-0.05, 0) is 63.5 Å². The zero-order valence-electron chi connectivity index (χ0n) is 23.9. The van der Waals surface area contributed by atoms with Crippen molar-refractivity contribution in [3.05, 3.63) is 41.7 Å². The minimum atomic E-state index is -2.01. The Hall–Kier alpha value is -3.63. The summed E-state index contributed by atoms with van der Waals surface area (Å²) in [6.07, 6.45) is 9.16. The van der Waals surface area contributed by atoms with Crippen molar-refractivity contribution in [2.45, 2.75) is 97.3 Å². The number of imidazole rings is 1. The van der Waals surface area contributed by atoms with Crippen LogP contribution in [0.3, 0.4) is 0 Å². The number of aliphatic imine (C=N–C) groups is 1. The van der Waals surface area contributed by atoms with Crippen molar-refractivity contribution in [2.24, 2.45) is 22.6 Å². The quantitative estimate of drug-likeness (QED) is 0.226. The molecule has 1 unspecified atom stereocenters. The van der Waals surface area contributed by atoms with Crippen LogP contribution in [0.2, 0.25) is 0 Å². The molecule has 2 saturated carbocycles. The molecule has 2 fully saturated rings. The number of carboxylic acid groups (broad SMARTS) is 1. The summed E-state index contributed by atoms with van der Waals surface area (Å²) in [6, 6.07) is 5.25. The first kappa shape index (κ1) is 29.4. The Bertz CT molecular complexity index is 1330. The number of alkyl halides is 1. The van der Waals surface area contributed by atoms with E-state index >= 15 is 4.39 Å². The van der Waals surface area contributed by atoms with E-state index in [2.05, 4.69) is 32.2 Å². The summed E-state index contributed by atoms with van der Waals surface area (Å²) in [5.74, 6) is 1.11. The van der Waals surface area contributed by atoms with Crippen LogP contribution in [-0.2, 0) is 12.2 Å². The Morgan fingerprint density at radius 3 is 2.50 bits per heavy atom. The minimum absolute atomic E-state index is 0.0597. The van der Waals surface area contributed by atoms with Gasteiger partial charge in [0, 0.05) is 18.8 Å². The van der Waals surface area contributed by atoms with Crippen LogP contribution in [0.1, 0.15) is 96.4 Å². The summed E-state index contributed by atoms with van der Waals surface area (Å²) in [7, 11) is 0. The topological polar surface area (TPSA) is 144 Å². The molecule has 5 rings (SSSR count). The zero-order chi connectivity index (χ0) is 28.9. The van der Waals surface area contributed by atoms with Crippen LogP contribution in [0.15, 0.2) is 29.4 Å². The monoisotopic (exact) mass is 552 g/mol. The highest BCUT2D eigenvalue weighted by Gasteiger charge is 2.38. The summed E-state index contributed by atoms with van der Waals surface area (Å²) < 4.78 is 18.6. The summed E-state index contributed by atoms with van der Waals surface area (Å²) in [5.41, 5.74) is 5.02. The lowest BCUT2D eigenvalue weighted by molar-refractivity contribution is 0.205. The average Bonchev–Trinajstić information content (AvgIpc) is 3.29. The Balaban J connectivity index is 0.00000181. The van der Waals surface area contributed by atoms with Crippen molar-refractivity contribution in [1.82, 2.24) is 24.5 Å². The SMILES string of the molecule is CC.C[C@@H](Nc1nc(/C(N)=N/C(=O)O)nc2nc(C(C)(F)c3ccccn3)n(CC3CCCCC3)c12)C1CCC1. The van der Waals surface area contributed by atoms with E-state index in [1.54, 1.807) is 24.4 Å². The molecule has 0 aromatic carbocycles. The molecule has 3 heterocycles. The number of fused-ring (bicyclic) bond motifs is 1. The second-order valence-corrected chi connectivity index (χ2v) is 10.7. The van der Waals surface area contributed by atoms with E-state index in [9.17, 15) is 4.79 Å². The first-order chi connectivity index (χ1) is 19.2. The Labute approximate surface area is 234 Å². The van der Waals surface area contributed by atoms with Gasteiger partial charge in [-0.3, -0.25) is 4.98 Å². The van der Waals surface area contributed by atoms with E-state index < -0.39 is 11.8 Å². The molecule has 10 nitrogen and oxygen atoms in total. The molecule has 216 valence electrons. The minimum Gasteiger partial charge on any atom is -0.463 e. The third kappa shape index (κ3) is 6.23. The standard InChI is InChI=1S/C27H35FN8O2.C2H6/c1-16(18-11-8-12-18)31-22-20-23(34-24(33-22)21(29)32-26(37)38)35-25(27(2,28)19-13-6-7-14-30-19)36(20)15-17-9-4-3-5-10-17;1-2/h6-7,13-14,16-18H,3-5,8-12,15H2,1-2H3,(H2,29,32)(H,37,38)(H,31,33,34);1-2H3/t16-,27?;/m1./s1. The number of carbonyl (C=O) groups is 1. The van der Waals surface area contributed by atoms with Crippen molar-refractivity contribution in [1.29, 1.82) is 0 Å². The van der Waals surface area contributed by atoms with Crippen LogP contribution in [0.25, 0.3) is 11.2 Å². The van der Waals surface area contributed by atoms with Gasteiger partial charge >= 0.3 is 6.09 Å². The van der Waals surface area contributed by atoms with Crippen LogP contribution >= 0.6 is 0 Å². The molecule has 2 aliphatic rings. The molecule has 40 heavy (non-hydrogen) atoms. The number of aromatic nitrogens is 5. The third-order valence-corrected chi connectivity index (χ3v) is 8.00. The maximum Gasteiger partial charge on any atom is 0.433 e. The van der Waals surface area contributed by atoms with Gasteiger partial charge in [0.2, 0.25) is 5.67 Å². The number of nitrogens with one attached hydrogen (secondary N) is 1. The lowest BCUT2D eigenvalue weighted by atomic mass is 9.80. The molecule has 11 heteroatoms. The van der Waals surface area contributed by atoms with Crippen LogP contribution in [0, 0.1) is 11.8 Å². The third-order valence-electron chi connectivity index (χ3n) is 8.00. The molecule has 0 saturated heterocycles. The molecule has 4 N–H and O–H groups in total. The normalized spacial score (nSPS) is 18.8. The smallest absolute Gasteiger partial charge is 0.433 e. The van der Waals surface area contributed by atoms with Crippen LogP contribution in [0.4, 0.5) is 15.0 Å². The molecular formula is C29H41FN8O2. The summed E-state index contributed by atoms with van der Waals surface area (Å²) >= 11 is 0. The predicted octanol–water partition coefficient (Wildman–Crippen LogP) is 6.04. The van der Waals surface area contributed by atoms with Crippen molar-refractivity contribution >= 4 is 28.9 Å². The van der Waals surface area contributed by atoms with Gasteiger partial charge in [0.15, 0.2) is 28.9 Å². The molecule has 3 aromatic heterocycles. The molecule has 2 atom stereocenters. The highest BCUT2D eigenvalue weighted by molar-refractivity contribution is 6.01. The van der Waals surface area contributed by atoms with Gasteiger partial charge in [0.25, 0.3) is 0 Å². The molecule has 1 amide bonds. The van der Waals surface area contributed by atoms with Crippen LogP contribution < -0.4 is 11.1 Å². The van der Waals surface area contributed by atoms with Gasteiger partial charge in [-0.2, -0.15) is 4.99 Å². The van der Waals surface area contributed by atoms with E-state index in [1.165, 1.54) is 19.8 Å². The Morgan fingerprint density at radius 1 is 1.18 bits per heavy atom. The number of nitrogens with two attached hydrogens (primary N) is 1. The molecular weight excluding hydrogens is 511 g/mol. The van der Waals surface area contributed by atoms with E-state index in [0.717, 1.165) is 38.5 Å². The second kappa shape index (κ2) is 12.7. The number of anilines is 1. The highest BCUT2D eigenvalue weighted by Crippen LogP contribution is 2.38. The maximum absolute atomic E-state index is 16.7. The molecule has 3 aromatic rings. The summed E-state index contributed by atoms with van der Waals surface area (Å²) in [6.45, 7) is 8.14. The number of hydrogen-bond acceptors (Lipinski definition) is 6. The molecule has 2 aliphatic carbocycles. The van der Waals surface area contributed by atoms with Gasteiger partial charge in [-0.25, -0.2) is 24.1 Å². The van der Waals surface area contributed by atoms with Gasteiger partial charge in [-0.1, -0.05) is 45.6 Å². The first-order valence-corrected chi connectivity index (χ1v) is 14.5. The number of amidine groups is 1. The zero-order valence-corrected chi connectivity index (χ0v) is 23.9. The number of nitrogens with zero attached hydrogens (tertiary/aromatic N) is 6. The number of rotatable bonds is 8. The lowest BCUT2D eigenvalue weighted by Crippen LogP contribution is -2.32. The summed E-state index contributed by atoms with van der Waals surface area (Å²) in [5, 5.41) is 12.6. The number of hydrogen-bond donors (Lipinski definition) is 3. The van der Waals surface area contributed by atoms with E-state index in [1.807, 2.05) is 18.4 Å². The Morgan fingerprint density at radius 2 is 1.90 bits per heavy atom. The number of amides is 1. The Kier molecular flexibility index (Phi) is 9.32. The number of halogens is 1. The lowest BCUT2D eigenvalue weighted by Gasteiger charge is -2.32. The second-order valence-electron chi connectivity index (χ2n) is 10.7. The van der Waals surface area contributed by atoms with Crippen molar-refractivity contribution in [3.8, 4) is 0 Å². The number of pyridine rings is 1. The summed E-state index contributed by atoms with van der Waals surface area (Å²) in [4.78, 5) is 32.7. The first-order valence-electron chi connectivity index (χ1n) is 14.5. The van der Waals surface area contributed by atoms with Crippen molar-refractivity contribution in [3.63, 3.8) is 0 Å². The predicted molar refractivity (Wildman–Crippen MR) is 154 cm³/mol. The molecule has 0 spiro atoms. The molecule has 0 bridgehead atoms. The van der Waals surface area contributed by atoms with Crippen LogP contribution in [0.5, 0.6) is 0 Å².